The van der Waals surface area contributed by atoms with E-state index in [1.54, 1.807) is 12.0 Å². The summed E-state index contributed by atoms with van der Waals surface area (Å²) in [7, 11) is 1.60. The maximum Gasteiger partial charge on any atom is 0.410 e. The molecule has 2 aromatic rings. The number of nitrogens with one attached hydrogen (secondary N) is 1. The molecular weight excluding hydrogens is 446 g/mol. The Morgan fingerprint density at radius 3 is 2.49 bits per heavy atom. The van der Waals surface area contributed by atoms with Crippen LogP contribution in [0.5, 0.6) is 5.75 Å². The van der Waals surface area contributed by atoms with E-state index in [0.29, 0.717) is 26.1 Å². The van der Waals surface area contributed by atoms with Crippen LogP contribution in [0.25, 0.3) is 0 Å². The number of methoxy groups -OCH3 is 1. The second kappa shape index (κ2) is 12.8. The molecule has 1 N–H and O–H groups in total. The van der Waals surface area contributed by atoms with Crippen LogP contribution in [-0.4, -0.2) is 49.3 Å². The van der Waals surface area contributed by atoms with Crippen molar-refractivity contribution in [1.82, 2.24) is 10.2 Å². The van der Waals surface area contributed by atoms with Crippen molar-refractivity contribution in [3.8, 4) is 11.8 Å². The van der Waals surface area contributed by atoms with Gasteiger partial charge in [0.15, 0.2) is 6.10 Å². The minimum atomic E-state index is -0.989. The van der Waals surface area contributed by atoms with Gasteiger partial charge in [-0.15, -0.1) is 0 Å². The van der Waals surface area contributed by atoms with Crippen LogP contribution in [0.2, 0.25) is 0 Å². The van der Waals surface area contributed by atoms with Gasteiger partial charge in [-0.25, -0.2) is 4.79 Å². The molecule has 2 amide bonds. The molecule has 186 valence electrons. The van der Waals surface area contributed by atoms with Gasteiger partial charge in [-0.1, -0.05) is 50.2 Å². The van der Waals surface area contributed by atoms with E-state index in [2.05, 4.69) is 11.4 Å². The van der Waals surface area contributed by atoms with E-state index in [9.17, 15) is 14.9 Å². The molecule has 35 heavy (non-hydrogen) atoms. The van der Waals surface area contributed by atoms with Gasteiger partial charge in [0.1, 0.15) is 11.8 Å². The predicted octanol–water partition coefficient (Wildman–Crippen LogP) is 3.83. The van der Waals surface area contributed by atoms with E-state index in [4.69, 9.17) is 14.2 Å². The molecule has 0 aromatic heterocycles. The molecular formula is C27H33N3O5. The molecule has 3 rings (SSSR count). The maximum atomic E-state index is 12.9. The number of nitriles is 1. The number of hydrogen-bond acceptors (Lipinski definition) is 6. The molecule has 8 nitrogen and oxygen atoms in total. The Morgan fingerprint density at radius 2 is 1.83 bits per heavy atom. The number of fused-ring (bicyclic) bond motifs is 1. The van der Waals surface area contributed by atoms with E-state index in [0.717, 1.165) is 23.3 Å². The molecule has 0 aliphatic carbocycles. The van der Waals surface area contributed by atoms with Gasteiger partial charge in [0.05, 0.1) is 26.4 Å². The fourth-order valence-corrected chi connectivity index (χ4v) is 3.88. The highest BCUT2D eigenvalue weighted by molar-refractivity contribution is 5.84. The Labute approximate surface area is 206 Å². The van der Waals surface area contributed by atoms with E-state index in [-0.39, 0.29) is 12.5 Å². The third-order valence-electron chi connectivity index (χ3n) is 5.79. The highest BCUT2D eigenvalue weighted by Gasteiger charge is 2.29. The van der Waals surface area contributed by atoms with Gasteiger partial charge in [-0.05, 0) is 47.6 Å². The molecule has 0 bridgehead atoms. The summed E-state index contributed by atoms with van der Waals surface area (Å²) < 4.78 is 16.4. The lowest BCUT2D eigenvalue weighted by Crippen LogP contribution is -2.47. The number of carbonyl (C=O) groups excluding carboxylic acids is 2. The molecule has 0 fully saturated rings. The van der Waals surface area contributed by atoms with Crippen molar-refractivity contribution in [3.05, 3.63) is 65.2 Å². The van der Waals surface area contributed by atoms with Crippen molar-refractivity contribution >= 4 is 12.0 Å². The highest BCUT2D eigenvalue weighted by Crippen LogP contribution is 2.20. The molecule has 1 heterocycles. The van der Waals surface area contributed by atoms with Gasteiger partial charge >= 0.3 is 6.09 Å². The van der Waals surface area contributed by atoms with Gasteiger partial charge in [0, 0.05) is 13.1 Å². The summed E-state index contributed by atoms with van der Waals surface area (Å²) in [6, 6.07) is 16.6. The van der Waals surface area contributed by atoms with Gasteiger partial charge in [-0.3, -0.25) is 4.79 Å². The van der Waals surface area contributed by atoms with Crippen molar-refractivity contribution in [2.24, 2.45) is 5.92 Å². The number of ether oxygens (including phenoxy) is 3. The topological polar surface area (TPSA) is 101 Å². The average Bonchev–Trinajstić information content (AvgIpc) is 2.87. The third-order valence-corrected chi connectivity index (χ3v) is 5.79. The van der Waals surface area contributed by atoms with Crippen LogP contribution in [0.1, 0.15) is 37.0 Å². The highest BCUT2D eigenvalue weighted by atomic mass is 16.6. The molecule has 0 saturated heterocycles. The first-order valence-corrected chi connectivity index (χ1v) is 11.8. The molecule has 1 aliphatic rings. The van der Waals surface area contributed by atoms with Gasteiger partial charge in [-0.2, -0.15) is 5.26 Å². The van der Waals surface area contributed by atoms with Crippen LogP contribution in [-0.2, 0) is 33.8 Å². The summed E-state index contributed by atoms with van der Waals surface area (Å²) in [5.41, 5.74) is 3.22. The second-order valence-electron chi connectivity index (χ2n) is 9.00. The number of amides is 2. The standard InChI is InChI=1S/C27H33N3O5/c1-19(2)14-25(35-27(32)30-13-12-21-6-4-5-7-22(21)16-30)26(31)29-23(15-28)18-34-17-20-8-10-24(33-3)11-9-20/h4-11,19,23,25H,12-14,16-18H2,1-3H3,(H,29,31)/t23-,25+/m1/s1. The molecule has 0 saturated carbocycles. The Hall–Kier alpha value is -3.57. The lowest BCUT2D eigenvalue weighted by Gasteiger charge is -2.30. The van der Waals surface area contributed by atoms with Crippen LogP contribution in [0, 0.1) is 17.2 Å². The van der Waals surface area contributed by atoms with Crippen molar-refractivity contribution in [2.45, 2.75) is 52.0 Å². The first kappa shape index (κ1) is 26.0. The SMILES string of the molecule is COc1ccc(COC[C@@H](C#N)NC(=O)[C@H](CC(C)C)OC(=O)N2CCc3ccccc3C2)cc1. The minimum absolute atomic E-state index is 0.0134. The van der Waals surface area contributed by atoms with Crippen molar-refractivity contribution in [1.29, 1.82) is 5.26 Å². The van der Waals surface area contributed by atoms with Crippen LogP contribution >= 0.6 is 0 Å². The normalized spacial score (nSPS) is 14.4. The predicted molar refractivity (Wildman–Crippen MR) is 130 cm³/mol. The number of nitrogens with zero attached hydrogens (tertiary/aromatic N) is 2. The molecule has 0 spiro atoms. The lowest BCUT2D eigenvalue weighted by atomic mass is 10.0. The summed E-state index contributed by atoms with van der Waals surface area (Å²) in [5.74, 6) is 0.368. The third kappa shape index (κ3) is 7.72. The lowest BCUT2D eigenvalue weighted by molar-refractivity contribution is -0.131. The summed E-state index contributed by atoms with van der Waals surface area (Å²) in [4.78, 5) is 27.4. The molecule has 2 aromatic carbocycles. The molecule has 1 aliphatic heterocycles. The zero-order valence-electron chi connectivity index (χ0n) is 20.5. The summed E-state index contributed by atoms with van der Waals surface area (Å²) in [5, 5.41) is 12.2. The molecule has 0 radical (unpaired) electrons. The summed E-state index contributed by atoms with van der Waals surface area (Å²) in [6.45, 7) is 5.19. The monoisotopic (exact) mass is 479 g/mol. The fourth-order valence-electron chi connectivity index (χ4n) is 3.88. The van der Waals surface area contributed by atoms with E-state index in [1.807, 2.05) is 62.4 Å². The Balaban J connectivity index is 1.53. The summed E-state index contributed by atoms with van der Waals surface area (Å²) in [6.07, 6.45) is -0.414. The molecule has 0 unspecified atom stereocenters. The first-order chi connectivity index (χ1) is 16.9. The number of benzene rings is 2. The van der Waals surface area contributed by atoms with Crippen molar-refractivity contribution in [3.63, 3.8) is 0 Å². The zero-order valence-corrected chi connectivity index (χ0v) is 20.5. The summed E-state index contributed by atoms with van der Waals surface area (Å²) >= 11 is 0. The number of carbonyl (C=O) groups is 2. The Morgan fingerprint density at radius 1 is 1.11 bits per heavy atom. The smallest absolute Gasteiger partial charge is 0.410 e. The van der Waals surface area contributed by atoms with E-state index < -0.39 is 24.1 Å². The van der Waals surface area contributed by atoms with Crippen LogP contribution < -0.4 is 10.1 Å². The quantitative estimate of drug-likeness (QED) is 0.556. The molecule has 8 heteroatoms. The van der Waals surface area contributed by atoms with Crippen LogP contribution in [0.3, 0.4) is 0 Å². The average molecular weight is 480 g/mol. The minimum Gasteiger partial charge on any atom is -0.497 e. The van der Waals surface area contributed by atoms with Gasteiger partial charge < -0.3 is 24.4 Å². The Kier molecular flexibility index (Phi) is 9.50. The number of hydrogen-bond donors (Lipinski definition) is 1. The maximum absolute atomic E-state index is 12.9. The van der Waals surface area contributed by atoms with Crippen molar-refractivity contribution in [2.75, 3.05) is 20.3 Å². The van der Waals surface area contributed by atoms with Crippen molar-refractivity contribution < 1.29 is 23.8 Å². The first-order valence-electron chi connectivity index (χ1n) is 11.8. The zero-order chi connectivity index (χ0) is 25.2. The number of rotatable bonds is 10. The molecule has 2 atom stereocenters. The Bertz CT molecular complexity index is 1030. The van der Waals surface area contributed by atoms with Gasteiger partial charge in [0.2, 0.25) is 0 Å². The van der Waals surface area contributed by atoms with E-state index in [1.165, 1.54) is 5.56 Å². The van der Waals surface area contributed by atoms with Gasteiger partial charge in [0.25, 0.3) is 5.91 Å². The fraction of sp³-hybridized carbons (Fsp3) is 0.444. The largest absolute Gasteiger partial charge is 0.497 e. The van der Waals surface area contributed by atoms with Crippen LogP contribution in [0.15, 0.2) is 48.5 Å². The second-order valence-corrected chi connectivity index (χ2v) is 9.00. The van der Waals surface area contributed by atoms with Crippen LogP contribution in [0.4, 0.5) is 4.79 Å². The van der Waals surface area contributed by atoms with E-state index >= 15 is 0 Å².